The Labute approximate surface area is 141 Å². The van der Waals surface area contributed by atoms with Crippen molar-refractivity contribution in [3.8, 4) is 0 Å². The molecule has 0 bridgehead atoms. The largest absolute Gasteiger partial charge is 0.460 e. The maximum Gasteiger partial charge on any atom is 0.460 e. The summed E-state index contributed by atoms with van der Waals surface area (Å²) in [4.78, 5) is 1.02. The number of benzene rings is 1. The summed E-state index contributed by atoms with van der Waals surface area (Å²) in [6, 6.07) is 8.06. The van der Waals surface area contributed by atoms with Gasteiger partial charge in [-0.05, 0) is 19.1 Å². The van der Waals surface area contributed by atoms with Gasteiger partial charge in [0.05, 0.1) is 0 Å². The van der Waals surface area contributed by atoms with Crippen LogP contribution in [0.4, 0.5) is 39.5 Å². The van der Waals surface area contributed by atoms with Gasteiger partial charge in [-0.25, -0.2) is 0 Å². The molecule has 0 atom stereocenters. The third kappa shape index (κ3) is 4.94. The van der Waals surface area contributed by atoms with Gasteiger partial charge in [0.2, 0.25) is 0 Å². The fourth-order valence-corrected chi connectivity index (χ4v) is 1.67. The Morgan fingerprint density at radius 2 is 1.20 bits per heavy atom. The minimum atomic E-state index is -7.37. The molecule has 0 aliphatic heterocycles. The quantitative estimate of drug-likeness (QED) is 0.424. The van der Waals surface area contributed by atoms with Crippen molar-refractivity contribution in [1.29, 1.82) is 0 Å². The van der Waals surface area contributed by atoms with E-state index in [2.05, 4.69) is 19.6 Å². The van der Waals surface area contributed by atoms with Gasteiger partial charge in [-0.1, -0.05) is 17.7 Å². The van der Waals surface area contributed by atoms with E-state index in [0.29, 0.717) is 0 Å². The number of thiol groups is 1. The number of rotatable bonds is 3. The molecule has 0 saturated heterocycles. The van der Waals surface area contributed by atoms with Crippen molar-refractivity contribution in [3.05, 3.63) is 29.8 Å². The molecule has 0 aliphatic carbocycles. The van der Waals surface area contributed by atoms with Crippen molar-refractivity contribution >= 4 is 22.7 Å². The Bertz CT molecular complexity index is 661. The molecule has 1 aromatic carbocycles. The summed E-state index contributed by atoms with van der Waals surface area (Å²) in [5, 5.41) is -7.00. The van der Waals surface area contributed by atoms with Crippen molar-refractivity contribution < 1.29 is 52.5 Å². The average Bonchev–Trinajstić information content (AvgIpc) is 2.40. The van der Waals surface area contributed by atoms with Crippen LogP contribution >= 0.6 is 12.6 Å². The second kappa shape index (κ2) is 7.23. The molecule has 0 heterocycles. The number of hydrogen-bond donors (Lipinski definition) is 2. The van der Waals surface area contributed by atoms with Crippen LogP contribution < -0.4 is 0 Å². The van der Waals surface area contributed by atoms with Crippen LogP contribution in [0, 0.1) is 6.92 Å². The molecule has 0 aliphatic rings. The van der Waals surface area contributed by atoms with Crippen molar-refractivity contribution in [1.82, 2.24) is 0 Å². The van der Waals surface area contributed by atoms with Gasteiger partial charge >= 0.3 is 33.4 Å². The summed E-state index contributed by atoms with van der Waals surface area (Å²) in [7, 11) is -7.17. The Balaban J connectivity index is 0.000000593. The Kier molecular flexibility index (Phi) is 6.90. The fraction of sp³-hybridized carbons (Fsp3) is 0.455. The van der Waals surface area contributed by atoms with Gasteiger partial charge in [-0.15, -0.1) is 12.6 Å². The van der Waals surface area contributed by atoms with Crippen LogP contribution in [0.1, 0.15) is 5.56 Å². The first-order valence-electron chi connectivity index (χ1n) is 5.72. The number of aryl methyl sites for hydroxylation is 1. The highest BCUT2D eigenvalue weighted by molar-refractivity contribution is 7.87. The van der Waals surface area contributed by atoms with E-state index in [1.54, 1.807) is 0 Å². The first-order valence-corrected chi connectivity index (χ1v) is 7.60. The maximum absolute atomic E-state index is 12.2. The lowest BCUT2D eigenvalue weighted by Gasteiger charge is -2.31. The van der Waals surface area contributed by atoms with Gasteiger partial charge in [0.25, 0.3) is 0 Å². The van der Waals surface area contributed by atoms with Crippen LogP contribution in [-0.2, 0) is 10.1 Å². The van der Waals surface area contributed by atoms with Crippen LogP contribution in [0.25, 0.3) is 0 Å². The van der Waals surface area contributed by atoms with Gasteiger partial charge < -0.3 is 0 Å². The molecule has 0 fully saturated rings. The van der Waals surface area contributed by atoms with Gasteiger partial charge in [0.1, 0.15) is 0 Å². The Morgan fingerprint density at radius 1 is 0.840 bits per heavy atom. The third-order valence-electron chi connectivity index (χ3n) is 2.47. The predicted molar refractivity (Wildman–Crippen MR) is 70.9 cm³/mol. The standard InChI is InChI=1S/C7H8S.C4HF9O3S/c1-6-2-4-7(8)5-3-6;5-1(6,3(9,10)11)2(7,8)4(12,13)17(14,15)16/h2-5,8H,1H3;(H,14,15,16). The highest BCUT2D eigenvalue weighted by atomic mass is 32.2. The monoisotopic (exact) mass is 424 g/mol. The van der Waals surface area contributed by atoms with Crippen molar-refractivity contribution in [2.75, 3.05) is 0 Å². The maximum atomic E-state index is 12.2. The number of halogens is 9. The van der Waals surface area contributed by atoms with E-state index in [1.807, 2.05) is 24.3 Å². The Morgan fingerprint density at radius 3 is 1.44 bits per heavy atom. The lowest BCUT2D eigenvalue weighted by molar-refractivity contribution is -0.382. The normalized spacial score (nSPS) is 13.9. The SMILES string of the molecule is Cc1ccc(S)cc1.O=S(=O)(O)C(F)(F)C(F)(F)C(F)(F)C(F)(F)F. The lowest BCUT2D eigenvalue weighted by Crippen LogP contribution is -2.63. The first-order chi connectivity index (χ1) is 10.8. The average molecular weight is 424 g/mol. The summed E-state index contributed by atoms with van der Waals surface area (Å²) in [5.41, 5.74) is 1.28. The summed E-state index contributed by atoms with van der Waals surface area (Å²) in [6.07, 6.45) is -7.13. The fourth-order valence-electron chi connectivity index (χ4n) is 1.07. The molecular formula is C11H9F9O3S2. The zero-order valence-electron chi connectivity index (χ0n) is 11.8. The molecule has 3 nitrogen and oxygen atoms in total. The molecule has 1 aromatic rings. The summed E-state index contributed by atoms with van der Waals surface area (Å²) >= 11 is 4.13. The van der Waals surface area contributed by atoms with Crippen LogP contribution in [0.5, 0.6) is 0 Å². The number of hydrogen-bond acceptors (Lipinski definition) is 3. The minimum Gasteiger partial charge on any atom is -0.281 e. The molecule has 0 saturated carbocycles. The third-order valence-corrected chi connectivity index (χ3v) is 3.68. The molecule has 14 heteroatoms. The number of alkyl halides is 9. The van der Waals surface area contributed by atoms with E-state index in [9.17, 15) is 47.9 Å². The molecular weight excluding hydrogens is 415 g/mol. The van der Waals surface area contributed by atoms with Crippen molar-refractivity contribution in [3.63, 3.8) is 0 Å². The molecule has 0 spiro atoms. The lowest BCUT2D eigenvalue weighted by atomic mass is 10.1. The van der Waals surface area contributed by atoms with Crippen molar-refractivity contribution in [2.45, 2.75) is 35.1 Å². The van der Waals surface area contributed by atoms with Crippen molar-refractivity contribution in [2.24, 2.45) is 0 Å². The van der Waals surface area contributed by atoms with Crippen LogP contribution in [-0.4, -0.2) is 36.2 Å². The summed E-state index contributed by atoms with van der Waals surface area (Å²) in [5.74, 6) is -14.7. The topological polar surface area (TPSA) is 54.4 Å². The van der Waals surface area contributed by atoms with Gasteiger partial charge in [-0.3, -0.25) is 4.55 Å². The molecule has 146 valence electrons. The minimum absolute atomic E-state index is 1.02. The van der Waals surface area contributed by atoms with Crippen LogP contribution in [0.3, 0.4) is 0 Å². The summed E-state index contributed by atoms with van der Waals surface area (Å²) < 4.78 is 134. The molecule has 0 unspecified atom stereocenters. The van der Waals surface area contributed by atoms with E-state index in [1.165, 1.54) is 5.56 Å². The summed E-state index contributed by atoms with van der Waals surface area (Å²) in [6.45, 7) is 2.06. The van der Waals surface area contributed by atoms with Gasteiger partial charge in [-0.2, -0.15) is 47.9 Å². The van der Waals surface area contributed by atoms with E-state index in [4.69, 9.17) is 4.55 Å². The second-order valence-electron chi connectivity index (χ2n) is 4.47. The highest BCUT2D eigenvalue weighted by Gasteiger charge is 2.85. The van der Waals surface area contributed by atoms with Crippen LogP contribution in [0.15, 0.2) is 29.2 Å². The molecule has 1 N–H and O–H groups in total. The van der Waals surface area contributed by atoms with E-state index in [0.717, 1.165) is 4.90 Å². The predicted octanol–water partition coefficient (Wildman–Crippen LogP) is 4.58. The molecule has 0 radical (unpaired) electrons. The first kappa shape index (κ1) is 23.8. The molecule has 25 heavy (non-hydrogen) atoms. The Hall–Kier alpha value is -1.15. The van der Waals surface area contributed by atoms with E-state index in [-0.39, 0.29) is 0 Å². The van der Waals surface area contributed by atoms with E-state index < -0.39 is 33.4 Å². The zero-order chi connectivity index (χ0) is 20.5. The van der Waals surface area contributed by atoms with Gasteiger partial charge in [0, 0.05) is 4.90 Å². The molecule has 1 rings (SSSR count). The highest BCUT2D eigenvalue weighted by Crippen LogP contribution is 2.54. The smallest absolute Gasteiger partial charge is 0.281 e. The second-order valence-corrected chi connectivity index (χ2v) is 6.45. The molecule has 0 amide bonds. The van der Waals surface area contributed by atoms with Crippen LogP contribution in [0.2, 0.25) is 0 Å². The zero-order valence-corrected chi connectivity index (χ0v) is 13.5. The molecule has 0 aromatic heterocycles. The van der Waals surface area contributed by atoms with E-state index >= 15 is 0 Å². The van der Waals surface area contributed by atoms with Gasteiger partial charge in [0.15, 0.2) is 0 Å².